The van der Waals surface area contributed by atoms with Gasteiger partial charge in [0, 0.05) is 19.6 Å². The van der Waals surface area contributed by atoms with Gasteiger partial charge < -0.3 is 14.7 Å². The van der Waals surface area contributed by atoms with E-state index in [0.717, 1.165) is 25.6 Å². The van der Waals surface area contributed by atoms with Crippen LogP contribution in [0.2, 0.25) is 0 Å². The molecule has 1 N–H and O–H groups in total. The minimum atomic E-state index is 0.451. The summed E-state index contributed by atoms with van der Waals surface area (Å²) in [7, 11) is 0. The first-order valence-corrected chi connectivity index (χ1v) is 9.53. The summed E-state index contributed by atoms with van der Waals surface area (Å²) in [6.07, 6.45) is 11.0. The fourth-order valence-corrected chi connectivity index (χ4v) is 4.25. The Balaban J connectivity index is 1.69. The van der Waals surface area contributed by atoms with Crippen LogP contribution in [0.25, 0.3) is 0 Å². The number of piperidine rings is 1. The minimum Gasteiger partial charge on any atom is -0.357 e. The lowest BCUT2D eigenvalue weighted by Gasteiger charge is -2.44. The molecule has 1 spiro atoms. The number of hydrogen-bond donors (Lipinski definition) is 1. The predicted octanol–water partition coefficient (Wildman–Crippen LogP) is 3.28. The normalized spacial score (nSPS) is 21.8. The maximum atomic E-state index is 5.19. The van der Waals surface area contributed by atoms with Crippen molar-refractivity contribution >= 4 is 5.96 Å². The van der Waals surface area contributed by atoms with Gasteiger partial charge in [-0.05, 0) is 44.9 Å². The largest absolute Gasteiger partial charge is 0.357 e. The van der Waals surface area contributed by atoms with Crippen LogP contribution in [0.3, 0.4) is 0 Å². The maximum Gasteiger partial charge on any atom is 0.248 e. The Morgan fingerprint density at radius 3 is 2.62 bits per heavy atom. The van der Waals surface area contributed by atoms with E-state index in [-0.39, 0.29) is 0 Å². The van der Waals surface area contributed by atoms with E-state index in [4.69, 9.17) is 9.52 Å². The van der Waals surface area contributed by atoms with Crippen molar-refractivity contribution in [1.29, 1.82) is 0 Å². The zero-order chi connectivity index (χ0) is 16.8. The molecule has 0 atom stereocenters. The quantitative estimate of drug-likeness (QED) is 0.679. The van der Waals surface area contributed by atoms with E-state index < -0.39 is 0 Å². The molecule has 1 aliphatic heterocycles. The first-order chi connectivity index (χ1) is 11.7. The monoisotopic (exact) mass is 333 g/mol. The number of hydrogen-bond acceptors (Lipinski definition) is 4. The highest BCUT2D eigenvalue weighted by Gasteiger charge is 2.36. The van der Waals surface area contributed by atoms with Crippen LogP contribution in [0, 0.1) is 12.3 Å². The van der Waals surface area contributed by atoms with Crippen molar-refractivity contribution < 1.29 is 4.52 Å². The van der Waals surface area contributed by atoms with E-state index in [1.165, 1.54) is 51.4 Å². The molecule has 2 heterocycles. The van der Waals surface area contributed by atoms with Gasteiger partial charge >= 0.3 is 0 Å². The van der Waals surface area contributed by atoms with Crippen molar-refractivity contribution in [2.45, 2.75) is 71.8 Å². The molecule has 24 heavy (non-hydrogen) atoms. The Labute approximate surface area is 145 Å². The Bertz CT molecular complexity index is 545. The summed E-state index contributed by atoms with van der Waals surface area (Å²) in [5, 5.41) is 7.30. The first kappa shape index (κ1) is 17.2. The van der Waals surface area contributed by atoms with Gasteiger partial charge in [-0.25, -0.2) is 4.99 Å². The first-order valence-electron chi connectivity index (χ1n) is 9.53. The molecule has 3 rings (SSSR count). The number of aliphatic imine (C=N–C) groups is 1. The average molecular weight is 333 g/mol. The van der Waals surface area contributed by atoms with Crippen LogP contribution >= 0.6 is 0 Å². The van der Waals surface area contributed by atoms with Gasteiger partial charge in [-0.1, -0.05) is 30.8 Å². The Morgan fingerprint density at radius 1 is 1.21 bits per heavy atom. The van der Waals surface area contributed by atoms with Crippen molar-refractivity contribution in [3.05, 3.63) is 11.7 Å². The smallest absolute Gasteiger partial charge is 0.248 e. The zero-order valence-corrected chi connectivity index (χ0v) is 15.2. The van der Waals surface area contributed by atoms with Crippen LogP contribution in [0.5, 0.6) is 0 Å². The second-order valence-electron chi connectivity index (χ2n) is 7.34. The fourth-order valence-electron chi connectivity index (χ4n) is 4.25. The maximum absolute atomic E-state index is 5.19. The molecule has 1 aromatic rings. The zero-order valence-electron chi connectivity index (χ0n) is 15.2. The third kappa shape index (κ3) is 4.28. The van der Waals surface area contributed by atoms with Gasteiger partial charge in [-0.2, -0.15) is 4.98 Å². The molecule has 6 heteroatoms. The fraction of sp³-hybridized carbons (Fsp3) is 0.833. The Kier molecular flexibility index (Phi) is 5.74. The summed E-state index contributed by atoms with van der Waals surface area (Å²) < 4.78 is 5.19. The highest BCUT2D eigenvalue weighted by atomic mass is 16.5. The Morgan fingerprint density at radius 2 is 1.96 bits per heavy atom. The van der Waals surface area contributed by atoms with Crippen molar-refractivity contribution in [2.24, 2.45) is 10.4 Å². The molecule has 1 saturated heterocycles. The topological polar surface area (TPSA) is 66.5 Å². The number of aryl methyl sites for hydroxylation is 1. The van der Waals surface area contributed by atoms with Crippen molar-refractivity contribution in [1.82, 2.24) is 20.4 Å². The minimum absolute atomic E-state index is 0.451. The van der Waals surface area contributed by atoms with Crippen LogP contribution in [-0.2, 0) is 6.54 Å². The number of likely N-dealkylation sites (tertiary alicyclic amines) is 1. The molecule has 0 bridgehead atoms. The van der Waals surface area contributed by atoms with Gasteiger partial charge in [0.15, 0.2) is 11.8 Å². The summed E-state index contributed by atoms with van der Waals surface area (Å²) in [6.45, 7) is 7.52. The lowest BCUT2D eigenvalue weighted by atomic mass is 9.74. The molecular weight excluding hydrogens is 302 g/mol. The van der Waals surface area contributed by atoms with Gasteiger partial charge in [0.05, 0.1) is 0 Å². The molecule has 1 aliphatic carbocycles. The van der Waals surface area contributed by atoms with Crippen LogP contribution in [0.4, 0.5) is 0 Å². The van der Waals surface area contributed by atoms with E-state index in [0.29, 0.717) is 23.7 Å². The summed E-state index contributed by atoms with van der Waals surface area (Å²) in [5.41, 5.74) is 0.506. The SMILES string of the molecule is CCNC(=NCc1nc(C)no1)N1CCCC2(CCCCCC2)C1. The molecule has 0 aromatic carbocycles. The summed E-state index contributed by atoms with van der Waals surface area (Å²) in [6, 6.07) is 0. The third-order valence-electron chi connectivity index (χ3n) is 5.39. The molecule has 2 fully saturated rings. The molecule has 134 valence electrons. The van der Waals surface area contributed by atoms with Crippen molar-refractivity contribution in [3.8, 4) is 0 Å². The predicted molar refractivity (Wildman–Crippen MR) is 94.8 cm³/mol. The lowest BCUT2D eigenvalue weighted by Crippen LogP contribution is -2.50. The van der Waals surface area contributed by atoms with Crippen molar-refractivity contribution in [2.75, 3.05) is 19.6 Å². The van der Waals surface area contributed by atoms with E-state index in [2.05, 4.69) is 27.3 Å². The number of nitrogens with one attached hydrogen (secondary N) is 1. The molecule has 1 saturated carbocycles. The number of nitrogens with zero attached hydrogens (tertiary/aromatic N) is 4. The number of aromatic nitrogens is 2. The third-order valence-corrected chi connectivity index (χ3v) is 5.39. The van der Waals surface area contributed by atoms with Gasteiger partial charge in [-0.3, -0.25) is 0 Å². The Hall–Kier alpha value is -1.59. The molecule has 2 aliphatic rings. The summed E-state index contributed by atoms with van der Waals surface area (Å²) in [5.74, 6) is 2.25. The molecule has 0 amide bonds. The van der Waals surface area contributed by atoms with E-state index in [1.54, 1.807) is 0 Å². The molecule has 6 nitrogen and oxygen atoms in total. The molecule has 0 unspecified atom stereocenters. The van der Waals surface area contributed by atoms with Crippen molar-refractivity contribution in [3.63, 3.8) is 0 Å². The van der Waals surface area contributed by atoms with Gasteiger partial charge in [0.2, 0.25) is 5.89 Å². The van der Waals surface area contributed by atoms with E-state index in [1.807, 2.05) is 6.92 Å². The molecule has 1 aromatic heterocycles. The highest BCUT2D eigenvalue weighted by Crippen LogP contribution is 2.42. The highest BCUT2D eigenvalue weighted by molar-refractivity contribution is 5.80. The van der Waals surface area contributed by atoms with E-state index >= 15 is 0 Å². The summed E-state index contributed by atoms with van der Waals surface area (Å²) >= 11 is 0. The van der Waals surface area contributed by atoms with E-state index in [9.17, 15) is 0 Å². The van der Waals surface area contributed by atoms with Gasteiger partial charge in [0.25, 0.3) is 0 Å². The van der Waals surface area contributed by atoms with Crippen LogP contribution in [0.1, 0.15) is 70.0 Å². The number of rotatable bonds is 3. The average Bonchev–Trinajstić information content (AvgIpc) is 2.87. The number of guanidine groups is 1. The standard InChI is InChI=1S/C18H31N5O/c1-3-19-17(20-13-16-21-15(2)22-24-16)23-12-8-11-18(14-23)9-6-4-5-7-10-18/h3-14H2,1-2H3,(H,19,20). The van der Waals surface area contributed by atoms with Gasteiger partial charge in [0.1, 0.15) is 6.54 Å². The van der Waals surface area contributed by atoms with Crippen LogP contribution in [-0.4, -0.2) is 40.6 Å². The van der Waals surface area contributed by atoms with Crippen LogP contribution in [0.15, 0.2) is 9.52 Å². The van der Waals surface area contributed by atoms with Crippen LogP contribution < -0.4 is 5.32 Å². The second kappa shape index (κ2) is 7.99. The molecular formula is C18H31N5O. The molecule has 0 radical (unpaired) electrons. The summed E-state index contributed by atoms with van der Waals surface area (Å²) in [4.78, 5) is 11.5. The van der Waals surface area contributed by atoms with Gasteiger partial charge in [-0.15, -0.1) is 0 Å². The second-order valence-corrected chi connectivity index (χ2v) is 7.34. The lowest BCUT2D eigenvalue weighted by molar-refractivity contribution is 0.115.